The number of esters is 1. The third-order valence-corrected chi connectivity index (χ3v) is 18.9. The van der Waals surface area contributed by atoms with Gasteiger partial charge in [0.05, 0.1) is 33.8 Å². The molecule has 3 unspecified atom stereocenters. The van der Waals surface area contributed by atoms with Gasteiger partial charge in [-0.05, 0) is 76.7 Å². The van der Waals surface area contributed by atoms with Crippen LogP contribution in [0, 0.1) is 0 Å². The van der Waals surface area contributed by atoms with E-state index in [2.05, 4.69) is 74.7 Å². The van der Waals surface area contributed by atoms with Crippen LogP contribution in [-0.4, -0.2) is 74.3 Å². The Morgan fingerprint density at radius 1 is 0.385 bits per heavy atom. The van der Waals surface area contributed by atoms with Crippen molar-refractivity contribution in [3.63, 3.8) is 0 Å². The number of hydrogen-bond donors (Lipinski definition) is 2. The summed E-state index contributed by atoms with van der Waals surface area (Å²) in [5.74, 6) is -0.491. The van der Waals surface area contributed by atoms with E-state index in [9.17, 15) is 19.0 Å². The van der Waals surface area contributed by atoms with Gasteiger partial charge in [-0.15, -0.1) is 0 Å². The topological polar surface area (TPSA) is 111 Å². The molecule has 0 radical (unpaired) electrons. The highest BCUT2D eigenvalue weighted by molar-refractivity contribution is 7.47. The first-order valence-corrected chi connectivity index (χ1v) is 41.1. The normalized spacial score (nSPS) is 13.7. The van der Waals surface area contributed by atoms with E-state index in [-0.39, 0.29) is 31.5 Å². The number of amides is 1. The second-order valence-corrected chi connectivity index (χ2v) is 29.7. The monoisotopic (exact) mass is 1300 g/mol. The molecule has 0 aliphatic carbocycles. The average molecular weight is 1300 g/mol. The molecule has 0 fully saturated rings. The Balaban J connectivity index is 4.87. The van der Waals surface area contributed by atoms with Crippen LogP contribution in [0.15, 0.2) is 60.8 Å². The smallest absolute Gasteiger partial charge is 0.456 e. The zero-order chi connectivity index (χ0) is 66.3. The van der Waals surface area contributed by atoms with E-state index in [1.807, 2.05) is 33.3 Å². The molecule has 0 aromatic rings. The van der Waals surface area contributed by atoms with Crippen molar-refractivity contribution in [2.24, 2.45) is 0 Å². The van der Waals surface area contributed by atoms with Crippen molar-refractivity contribution < 1.29 is 37.3 Å². The molecule has 0 saturated heterocycles. The highest BCUT2D eigenvalue weighted by Crippen LogP contribution is 2.43. The zero-order valence-electron chi connectivity index (χ0n) is 61.4. The second kappa shape index (κ2) is 70.5. The summed E-state index contributed by atoms with van der Waals surface area (Å²) in [5, 5.41) is 3.08. The van der Waals surface area contributed by atoms with Crippen LogP contribution < -0.4 is 5.32 Å². The van der Waals surface area contributed by atoms with Crippen LogP contribution in [0.5, 0.6) is 0 Å². The number of nitrogens with zero attached hydrogens (tertiary/aromatic N) is 1. The lowest BCUT2D eigenvalue weighted by Gasteiger charge is -2.27. The number of phosphoric ester groups is 1. The van der Waals surface area contributed by atoms with Gasteiger partial charge >= 0.3 is 13.8 Å². The van der Waals surface area contributed by atoms with E-state index in [0.717, 1.165) is 77.0 Å². The molecule has 0 bridgehead atoms. The molecular weight excluding hydrogens is 1140 g/mol. The number of ether oxygens (including phenoxy) is 1. The number of likely N-dealkylation sites (N-methyl/N-ethyl adjacent to an activating group) is 1. The molecule has 0 heterocycles. The lowest BCUT2D eigenvalue weighted by Crippen LogP contribution is -2.47. The quantitative estimate of drug-likeness (QED) is 0.0205. The number of carbonyl (C=O) groups excluding carboxylic acids is 2. The van der Waals surface area contributed by atoms with Crippen LogP contribution in [0.25, 0.3) is 0 Å². The molecule has 0 aliphatic heterocycles. The fourth-order valence-corrected chi connectivity index (χ4v) is 12.6. The molecule has 2 N–H and O–H groups in total. The van der Waals surface area contributed by atoms with E-state index in [1.54, 1.807) is 0 Å². The largest absolute Gasteiger partial charge is 0.472 e. The molecule has 0 aliphatic rings. The van der Waals surface area contributed by atoms with Gasteiger partial charge in [-0.3, -0.25) is 18.6 Å². The fourth-order valence-electron chi connectivity index (χ4n) is 11.9. The molecule has 0 aromatic heterocycles. The number of hydrogen-bond acceptors (Lipinski definition) is 6. The maximum atomic E-state index is 13.7. The van der Waals surface area contributed by atoms with E-state index in [1.165, 1.54) is 283 Å². The maximum Gasteiger partial charge on any atom is 0.472 e. The highest BCUT2D eigenvalue weighted by Gasteiger charge is 2.30. The van der Waals surface area contributed by atoms with E-state index < -0.39 is 20.0 Å². The Morgan fingerprint density at radius 3 is 1.02 bits per heavy atom. The van der Waals surface area contributed by atoms with Crippen molar-refractivity contribution in [2.45, 2.75) is 405 Å². The first kappa shape index (κ1) is 88.7. The number of carbonyl (C=O) groups is 2. The van der Waals surface area contributed by atoms with E-state index >= 15 is 0 Å². The van der Waals surface area contributed by atoms with Crippen LogP contribution in [0.2, 0.25) is 0 Å². The number of unbranched alkanes of at least 4 members (excludes halogenated alkanes) is 49. The molecule has 0 aromatic carbocycles. The fraction of sp³-hybridized carbons (Fsp3) is 0.852. The van der Waals surface area contributed by atoms with Gasteiger partial charge in [0.1, 0.15) is 19.3 Å². The van der Waals surface area contributed by atoms with E-state index in [0.29, 0.717) is 17.4 Å². The molecule has 0 spiro atoms. The van der Waals surface area contributed by atoms with Crippen LogP contribution in [0.4, 0.5) is 0 Å². The van der Waals surface area contributed by atoms with E-state index in [4.69, 9.17) is 13.8 Å². The van der Waals surface area contributed by atoms with Gasteiger partial charge in [0.15, 0.2) is 0 Å². The Morgan fingerprint density at radius 2 is 0.670 bits per heavy atom. The Hall–Kier alpha value is -2.29. The molecule has 0 rings (SSSR count). The van der Waals surface area contributed by atoms with Gasteiger partial charge in [-0.1, -0.05) is 364 Å². The number of quaternary nitrogens is 1. The summed E-state index contributed by atoms with van der Waals surface area (Å²) in [4.78, 5) is 38.0. The summed E-state index contributed by atoms with van der Waals surface area (Å²) in [7, 11) is 1.51. The number of phosphoric acid groups is 1. The first-order chi connectivity index (χ1) is 44.4. The first-order valence-electron chi connectivity index (χ1n) is 39.6. The standard InChI is InChI=1S/C81H153N2O7P/c1-7-10-13-16-19-22-25-27-29-31-33-35-37-39-41-43-45-47-49-51-53-55-58-61-64-67-70-73-80(84)82-78(77-89-91(86,87)88-76-75-83(4,5)6)79(72-69-66-63-60-57-24-21-18-15-12-9-3)90-81(85)74-71-68-65-62-59-56-54-52-50-48-46-44-42-40-38-36-34-32-30-28-26-23-20-17-14-11-8-2/h20,23,28,30,34,36,40,42,69,72,78-79H,7-19,21-22,24-27,29,31-33,35,37-39,41,43-68,70-71,73-77H2,1-6H3,(H-,82,84,86,87)/p+1/b23-20-,30-28-,36-34-,42-40-,72-69+. The summed E-state index contributed by atoms with van der Waals surface area (Å²) in [5.41, 5.74) is 0. The van der Waals surface area contributed by atoms with Gasteiger partial charge in [0.2, 0.25) is 5.91 Å². The van der Waals surface area contributed by atoms with Crippen LogP contribution >= 0.6 is 7.82 Å². The highest BCUT2D eigenvalue weighted by atomic mass is 31.2. The summed E-state index contributed by atoms with van der Waals surface area (Å²) in [6.45, 7) is 7.04. The molecule has 91 heavy (non-hydrogen) atoms. The summed E-state index contributed by atoms with van der Waals surface area (Å²) < 4.78 is 30.9. The molecule has 3 atom stereocenters. The minimum Gasteiger partial charge on any atom is -0.456 e. The number of rotatable bonds is 73. The summed E-state index contributed by atoms with van der Waals surface area (Å²) in [6.07, 6.45) is 92.6. The SMILES string of the molecule is CCCCC/C=C\C/C=C\C/C=C\C/C=C\CCCCCCCCCCCCCC(=O)OC(/C=C/CCCCCCCCCCC)C(COP(=O)(O)OCC[N+](C)(C)C)NC(=O)CCCCCCCCCCCCCCCCCCCCCCCCCCCCC. The Kier molecular flexibility index (Phi) is 68.7. The molecule has 9 nitrogen and oxygen atoms in total. The Labute approximate surface area is 566 Å². The van der Waals surface area contributed by atoms with Crippen LogP contribution in [0.3, 0.4) is 0 Å². The zero-order valence-corrected chi connectivity index (χ0v) is 62.2. The van der Waals surface area contributed by atoms with Crippen molar-refractivity contribution in [2.75, 3.05) is 40.9 Å². The third kappa shape index (κ3) is 71.8. The van der Waals surface area contributed by atoms with Crippen molar-refractivity contribution in [3.8, 4) is 0 Å². The van der Waals surface area contributed by atoms with Crippen molar-refractivity contribution in [1.82, 2.24) is 5.32 Å². The lowest BCUT2D eigenvalue weighted by molar-refractivity contribution is -0.870. The minimum atomic E-state index is -4.46. The molecule has 1 amide bonds. The number of nitrogens with one attached hydrogen (secondary N) is 1. The lowest BCUT2D eigenvalue weighted by atomic mass is 10.0. The predicted octanol–water partition coefficient (Wildman–Crippen LogP) is 25.7. The summed E-state index contributed by atoms with van der Waals surface area (Å²) >= 11 is 0. The summed E-state index contributed by atoms with van der Waals surface area (Å²) in [6, 6.07) is -0.850. The minimum absolute atomic E-state index is 0.0409. The molecule has 0 saturated carbocycles. The van der Waals surface area contributed by atoms with Crippen molar-refractivity contribution in [1.29, 1.82) is 0 Å². The Bertz CT molecular complexity index is 1740. The predicted molar refractivity (Wildman–Crippen MR) is 397 cm³/mol. The maximum absolute atomic E-state index is 13.7. The number of allylic oxidation sites excluding steroid dienone is 9. The van der Waals surface area contributed by atoms with Gasteiger partial charge in [0, 0.05) is 12.8 Å². The van der Waals surface area contributed by atoms with Crippen molar-refractivity contribution in [3.05, 3.63) is 60.8 Å². The van der Waals surface area contributed by atoms with Crippen LogP contribution in [-0.2, 0) is 27.9 Å². The third-order valence-electron chi connectivity index (χ3n) is 18.0. The average Bonchev–Trinajstić information content (AvgIpc) is 3.03. The van der Waals surface area contributed by atoms with Gasteiger partial charge in [-0.25, -0.2) is 4.57 Å². The molecule has 534 valence electrons. The van der Waals surface area contributed by atoms with Gasteiger partial charge in [-0.2, -0.15) is 0 Å². The van der Waals surface area contributed by atoms with Gasteiger partial charge in [0.25, 0.3) is 0 Å². The second-order valence-electron chi connectivity index (χ2n) is 28.2. The van der Waals surface area contributed by atoms with Crippen molar-refractivity contribution >= 4 is 19.7 Å². The molecular formula is C81H154N2O7P+. The van der Waals surface area contributed by atoms with Crippen LogP contribution in [0.1, 0.15) is 393 Å². The molecule has 10 heteroatoms. The van der Waals surface area contributed by atoms with Gasteiger partial charge < -0.3 is 19.4 Å².